The smallest absolute Gasteiger partial charge is 0.270 e. The molecule has 31 heavy (non-hydrogen) atoms. The Morgan fingerprint density at radius 1 is 1.23 bits per heavy atom. The molecule has 3 rings (SSSR count). The molecule has 0 unspecified atom stereocenters. The summed E-state index contributed by atoms with van der Waals surface area (Å²) in [5.41, 5.74) is 0.151. The number of hydrogen-bond donors (Lipinski definition) is 3. The van der Waals surface area contributed by atoms with Gasteiger partial charge in [-0.1, -0.05) is 26.8 Å². The summed E-state index contributed by atoms with van der Waals surface area (Å²) in [6, 6.07) is 5.30. The van der Waals surface area contributed by atoms with Crippen molar-refractivity contribution < 1.29 is 14.7 Å². The average Bonchev–Trinajstić information content (AvgIpc) is 2.69. The van der Waals surface area contributed by atoms with Gasteiger partial charge in [0.1, 0.15) is 5.69 Å². The summed E-state index contributed by atoms with van der Waals surface area (Å²) >= 11 is 0. The fourth-order valence-electron chi connectivity index (χ4n) is 5.91. The van der Waals surface area contributed by atoms with Gasteiger partial charge >= 0.3 is 0 Å². The lowest BCUT2D eigenvalue weighted by atomic mass is 9.51. The van der Waals surface area contributed by atoms with Gasteiger partial charge in [-0.15, -0.1) is 0 Å². The van der Waals surface area contributed by atoms with Crippen LogP contribution in [0.4, 0.5) is 0 Å². The fourth-order valence-corrected chi connectivity index (χ4v) is 5.91. The summed E-state index contributed by atoms with van der Waals surface area (Å²) in [6.07, 6.45) is 4.76. The van der Waals surface area contributed by atoms with Crippen molar-refractivity contribution in [3.8, 4) is 0 Å². The van der Waals surface area contributed by atoms with E-state index in [2.05, 4.69) is 29.5 Å². The molecule has 2 fully saturated rings. The molecule has 0 bridgehead atoms. The Bertz CT molecular complexity index is 791. The highest BCUT2D eigenvalue weighted by Crippen LogP contribution is 2.55. The third-order valence-electron chi connectivity index (χ3n) is 7.66. The normalized spacial score (nSPS) is 34.4. The first kappa shape index (κ1) is 23.7. The predicted octanol–water partition coefficient (Wildman–Crippen LogP) is 3.55. The lowest BCUT2D eigenvalue weighted by molar-refractivity contribution is -0.143. The lowest BCUT2D eigenvalue weighted by Crippen LogP contribution is -2.59. The van der Waals surface area contributed by atoms with Gasteiger partial charge < -0.3 is 15.7 Å². The van der Waals surface area contributed by atoms with Crippen molar-refractivity contribution in [3.05, 3.63) is 30.1 Å². The fraction of sp³-hybridized carbons (Fsp3) is 0.720. The molecule has 6 nitrogen and oxygen atoms in total. The summed E-state index contributed by atoms with van der Waals surface area (Å²) in [4.78, 5) is 29.6. The number of rotatable bonds is 4. The van der Waals surface area contributed by atoms with Crippen LogP contribution < -0.4 is 10.6 Å². The summed E-state index contributed by atoms with van der Waals surface area (Å²) in [6.45, 7) is 12.3. The Kier molecular flexibility index (Phi) is 6.80. The van der Waals surface area contributed by atoms with Crippen LogP contribution >= 0.6 is 0 Å². The highest BCUT2D eigenvalue weighted by Gasteiger charge is 2.54. The van der Waals surface area contributed by atoms with E-state index in [4.69, 9.17) is 0 Å². The number of aliphatic hydroxyl groups is 1. The predicted molar refractivity (Wildman–Crippen MR) is 121 cm³/mol. The van der Waals surface area contributed by atoms with Crippen molar-refractivity contribution in [2.75, 3.05) is 0 Å². The minimum absolute atomic E-state index is 0.00335. The van der Waals surface area contributed by atoms with Crippen molar-refractivity contribution >= 4 is 11.8 Å². The molecular formula is C25H39N3O3. The minimum Gasteiger partial charge on any atom is -0.392 e. The molecule has 1 aromatic rings. The van der Waals surface area contributed by atoms with E-state index >= 15 is 0 Å². The van der Waals surface area contributed by atoms with Gasteiger partial charge in [-0.05, 0) is 81.8 Å². The van der Waals surface area contributed by atoms with E-state index in [0.29, 0.717) is 5.69 Å². The SMILES string of the molecule is C[C@H]1[C@@H]2[C@@H](O)[C@@H]([C@H](C)C(=O)NC(C)(C)C)CC[C@@]2(C)CC[C@@H]1NC(=O)c1ccccn1. The number of carbonyl (C=O) groups excluding carboxylic acids is 2. The second-order valence-corrected chi connectivity index (χ2v) is 11.1. The highest BCUT2D eigenvalue weighted by atomic mass is 16.3. The molecule has 0 aliphatic heterocycles. The van der Waals surface area contributed by atoms with E-state index in [1.807, 2.05) is 33.8 Å². The van der Waals surface area contributed by atoms with Crippen molar-refractivity contribution in [1.82, 2.24) is 15.6 Å². The molecule has 0 aromatic carbocycles. The van der Waals surface area contributed by atoms with Crippen LogP contribution in [0.15, 0.2) is 24.4 Å². The van der Waals surface area contributed by atoms with Gasteiger partial charge in [0.25, 0.3) is 5.91 Å². The zero-order chi connectivity index (χ0) is 23.0. The van der Waals surface area contributed by atoms with Gasteiger partial charge in [0, 0.05) is 23.7 Å². The zero-order valence-corrected chi connectivity index (χ0v) is 19.8. The molecule has 6 heteroatoms. The maximum Gasteiger partial charge on any atom is 0.270 e. The molecule has 2 saturated carbocycles. The summed E-state index contributed by atoms with van der Waals surface area (Å²) in [7, 11) is 0. The van der Waals surface area contributed by atoms with Crippen LogP contribution in [0.2, 0.25) is 0 Å². The molecule has 1 heterocycles. The summed E-state index contributed by atoms with van der Waals surface area (Å²) in [5, 5.41) is 17.7. The van der Waals surface area contributed by atoms with Crippen LogP contribution in [0, 0.1) is 29.1 Å². The first-order valence-electron chi connectivity index (χ1n) is 11.6. The molecule has 2 aliphatic carbocycles. The van der Waals surface area contributed by atoms with Crippen LogP contribution in [0.3, 0.4) is 0 Å². The number of carbonyl (C=O) groups is 2. The van der Waals surface area contributed by atoms with E-state index < -0.39 is 6.10 Å². The van der Waals surface area contributed by atoms with Gasteiger partial charge in [-0.2, -0.15) is 0 Å². The molecule has 7 atom stereocenters. The highest BCUT2D eigenvalue weighted by molar-refractivity contribution is 5.92. The number of aromatic nitrogens is 1. The molecular weight excluding hydrogens is 390 g/mol. The Hall–Kier alpha value is -1.95. The number of amides is 2. The van der Waals surface area contributed by atoms with Gasteiger partial charge in [0.15, 0.2) is 0 Å². The first-order chi connectivity index (χ1) is 14.4. The van der Waals surface area contributed by atoms with Gasteiger partial charge in [-0.25, -0.2) is 0 Å². The molecule has 0 saturated heterocycles. The number of hydrogen-bond acceptors (Lipinski definition) is 4. The molecule has 3 N–H and O–H groups in total. The lowest BCUT2D eigenvalue weighted by Gasteiger charge is -2.56. The Labute approximate surface area is 186 Å². The van der Waals surface area contributed by atoms with Crippen molar-refractivity contribution in [3.63, 3.8) is 0 Å². The van der Waals surface area contributed by atoms with Crippen molar-refractivity contribution in [2.24, 2.45) is 29.1 Å². The Balaban J connectivity index is 1.74. The van der Waals surface area contributed by atoms with Crippen molar-refractivity contribution in [2.45, 2.75) is 84.9 Å². The van der Waals surface area contributed by atoms with Gasteiger partial charge in [0.05, 0.1) is 6.10 Å². The summed E-state index contributed by atoms with van der Waals surface area (Å²) in [5.74, 6) is -0.340. The minimum atomic E-state index is -0.566. The number of nitrogens with one attached hydrogen (secondary N) is 2. The van der Waals surface area contributed by atoms with E-state index in [9.17, 15) is 14.7 Å². The molecule has 2 aliphatic rings. The molecule has 2 amide bonds. The van der Waals surface area contributed by atoms with Crippen LogP contribution in [0.1, 0.15) is 77.7 Å². The Morgan fingerprint density at radius 2 is 1.90 bits per heavy atom. The Morgan fingerprint density at radius 3 is 2.52 bits per heavy atom. The summed E-state index contributed by atoms with van der Waals surface area (Å²) < 4.78 is 0. The van der Waals surface area contributed by atoms with Crippen molar-refractivity contribution in [1.29, 1.82) is 0 Å². The standard InChI is InChI=1S/C25H39N3O3/c1-15(22(30)28-24(3,4)5)17-10-12-25(6)13-11-18(16(2)20(25)21(17)29)27-23(31)19-9-7-8-14-26-19/h7-9,14-18,20-21,29H,10-13H2,1-6H3,(H,27,31)(H,28,30)/t15-,16+,17+,18-,20+,21-,25-/m0/s1. The number of pyridine rings is 1. The first-order valence-corrected chi connectivity index (χ1v) is 11.6. The second kappa shape index (κ2) is 8.89. The van der Waals surface area contributed by atoms with Gasteiger partial charge in [0.2, 0.25) is 5.91 Å². The molecule has 0 radical (unpaired) electrons. The van der Waals surface area contributed by atoms with Crippen LogP contribution in [0.5, 0.6) is 0 Å². The topological polar surface area (TPSA) is 91.3 Å². The maximum atomic E-state index is 12.8. The monoisotopic (exact) mass is 429 g/mol. The largest absolute Gasteiger partial charge is 0.392 e. The van der Waals surface area contributed by atoms with E-state index in [1.54, 1.807) is 18.3 Å². The third-order valence-corrected chi connectivity index (χ3v) is 7.66. The average molecular weight is 430 g/mol. The molecule has 0 spiro atoms. The number of nitrogens with zero attached hydrogens (tertiary/aromatic N) is 1. The van der Waals surface area contributed by atoms with Gasteiger partial charge in [-0.3, -0.25) is 14.6 Å². The van der Waals surface area contributed by atoms with E-state index in [1.165, 1.54) is 0 Å². The molecule has 172 valence electrons. The third kappa shape index (κ3) is 5.11. The molecule has 1 aromatic heterocycles. The van der Waals surface area contributed by atoms with Crippen LogP contribution in [-0.4, -0.2) is 39.6 Å². The van der Waals surface area contributed by atoms with E-state index in [-0.39, 0.29) is 52.5 Å². The second-order valence-electron chi connectivity index (χ2n) is 11.1. The quantitative estimate of drug-likeness (QED) is 0.683. The van der Waals surface area contributed by atoms with E-state index in [0.717, 1.165) is 25.7 Å². The zero-order valence-electron chi connectivity index (χ0n) is 19.8. The number of fused-ring (bicyclic) bond motifs is 1. The number of aliphatic hydroxyl groups excluding tert-OH is 1. The maximum absolute atomic E-state index is 12.8. The van der Waals surface area contributed by atoms with Crippen LogP contribution in [0.25, 0.3) is 0 Å². The van der Waals surface area contributed by atoms with Crippen LogP contribution in [-0.2, 0) is 4.79 Å².